The van der Waals surface area contributed by atoms with E-state index in [1.165, 1.54) is 0 Å². The maximum atomic E-state index is 11.9. The molecule has 0 radical (unpaired) electrons. The highest BCUT2D eigenvalue weighted by atomic mass is 35.5. The van der Waals surface area contributed by atoms with E-state index in [1.54, 1.807) is 0 Å². The Morgan fingerprint density at radius 1 is 1.59 bits per heavy atom. The third-order valence-corrected chi connectivity index (χ3v) is 3.37. The van der Waals surface area contributed by atoms with Gasteiger partial charge in [-0.25, -0.2) is 0 Å². The minimum Gasteiger partial charge on any atom is -0.349 e. The molecule has 2 unspecified atom stereocenters. The predicted molar refractivity (Wildman–Crippen MR) is 69.0 cm³/mol. The van der Waals surface area contributed by atoms with Gasteiger partial charge in [-0.15, -0.1) is 0 Å². The lowest BCUT2D eigenvalue weighted by Crippen LogP contribution is -2.33. The molecule has 17 heavy (non-hydrogen) atoms. The summed E-state index contributed by atoms with van der Waals surface area (Å²) < 4.78 is 0. The minimum absolute atomic E-state index is 0.00167. The summed E-state index contributed by atoms with van der Waals surface area (Å²) in [4.78, 5) is 11.9. The monoisotopic (exact) mass is 252 g/mol. The smallest absolute Gasteiger partial charge is 0.224 e. The average molecular weight is 253 g/mol. The molecule has 4 heteroatoms. The van der Waals surface area contributed by atoms with Crippen molar-refractivity contribution < 1.29 is 4.79 Å². The van der Waals surface area contributed by atoms with Crippen molar-refractivity contribution in [3.63, 3.8) is 0 Å². The maximum Gasteiger partial charge on any atom is 0.224 e. The zero-order valence-corrected chi connectivity index (χ0v) is 10.6. The number of halogens is 1. The fraction of sp³-hybridized carbons (Fsp3) is 0.462. The summed E-state index contributed by atoms with van der Waals surface area (Å²) in [6, 6.07) is 7.60. The molecule has 1 aromatic carbocycles. The summed E-state index contributed by atoms with van der Waals surface area (Å²) in [5.74, 6) is 0.235. The second-order valence-electron chi connectivity index (χ2n) is 4.48. The van der Waals surface area contributed by atoms with Crippen molar-refractivity contribution >= 4 is 17.5 Å². The summed E-state index contributed by atoms with van der Waals surface area (Å²) in [5, 5.41) is 6.92. The van der Waals surface area contributed by atoms with Gasteiger partial charge in [0.15, 0.2) is 0 Å². The number of carbonyl (C=O) groups is 1. The molecular formula is C13H17ClN2O. The second kappa shape index (κ2) is 5.52. The van der Waals surface area contributed by atoms with Gasteiger partial charge in [0.25, 0.3) is 0 Å². The number of carbonyl (C=O) groups excluding carboxylic acids is 1. The maximum absolute atomic E-state index is 11.9. The Labute approximate surface area is 107 Å². The van der Waals surface area contributed by atoms with Gasteiger partial charge in [-0.3, -0.25) is 4.79 Å². The van der Waals surface area contributed by atoms with E-state index in [9.17, 15) is 4.79 Å². The Hall–Kier alpha value is -1.06. The van der Waals surface area contributed by atoms with E-state index in [0.717, 1.165) is 25.1 Å². The molecule has 1 saturated heterocycles. The number of hydrogen-bond donors (Lipinski definition) is 2. The summed E-state index contributed by atoms with van der Waals surface area (Å²) in [5.41, 5.74) is 1.04. The molecule has 2 atom stereocenters. The van der Waals surface area contributed by atoms with E-state index in [0.29, 0.717) is 5.02 Å². The van der Waals surface area contributed by atoms with Crippen LogP contribution in [0.1, 0.15) is 24.9 Å². The van der Waals surface area contributed by atoms with Crippen LogP contribution < -0.4 is 10.6 Å². The molecule has 92 valence electrons. The van der Waals surface area contributed by atoms with Gasteiger partial charge in [0.2, 0.25) is 5.91 Å². The lowest BCUT2D eigenvalue weighted by atomic mass is 10.1. The van der Waals surface area contributed by atoms with E-state index < -0.39 is 0 Å². The van der Waals surface area contributed by atoms with E-state index in [1.807, 2.05) is 31.2 Å². The normalized spacial score (nSPS) is 21.2. The molecule has 2 rings (SSSR count). The Kier molecular flexibility index (Phi) is 4.02. The molecule has 1 fully saturated rings. The predicted octanol–water partition coefficient (Wildman–Crippen LogP) is 2.13. The van der Waals surface area contributed by atoms with Gasteiger partial charge in [0, 0.05) is 11.6 Å². The molecule has 0 aromatic heterocycles. The van der Waals surface area contributed by atoms with Crippen molar-refractivity contribution in [3.8, 4) is 0 Å². The SMILES string of the molecule is CC(NC(=O)C1CCNC1)c1cccc(Cl)c1. The van der Waals surface area contributed by atoms with Crippen molar-refractivity contribution in [1.29, 1.82) is 0 Å². The van der Waals surface area contributed by atoms with Crippen LogP contribution in [0.25, 0.3) is 0 Å². The molecular weight excluding hydrogens is 236 g/mol. The molecule has 0 aliphatic carbocycles. The van der Waals surface area contributed by atoms with Gasteiger partial charge in [-0.1, -0.05) is 23.7 Å². The van der Waals surface area contributed by atoms with Gasteiger partial charge in [0.05, 0.1) is 12.0 Å². The lowest BCUT2D eigenvalue weighted by Gasteiger charge is -2.17. The van der Waals surface area contributed by atoms with Crippen LogP contribution in [-0.2, 0) is 4.79 Å². The Bertz CT molecular complexity index is 402. The average Bonchev–Trinajstić information content (AvgIpc) is 2.82. The molecule has 3 nitrogen and oxygen atoms in total. The molecule has 1 aliphatic heterocycles. The van der Waals surface area contributed by atoms with Crippen LogP contribution in [0.4, 0.5) is 0 Å². The first-order chi connectivity index (χ1) is 8.16. The van der Waals surface area contributed by atoms with E-state index >= 15 is 0 Å². The fourth-order valence-electron chi connectivity index (χ4n) is 2.07. The highest BCUT2D eigenvalue weighted by molar-refractivity contribution is 6.30. The van der Waals surface area contributed by atoms with Crippen LogP contribution in [0, 0.1) is 5.92 Å². The third-order valence-electron chi connectivity index (χ3n) is 3.14. The van der Waals surface area contributed by atoms with E-state index in [2.05, 4.69) is 10.6 Å². The van der Waals surface area contributed by atoms with Crippen molar-refractivity contribution in [2.75, 3.05) is 13.1 Å². The summed E-state index contributed by atoms with van der Waals surface area (Å²) in [7, 11) is 0. The number of rotatable bonds is 3. The van der Waals surface area contributed by atoms with Crippen LogP contribution in [0.5, 0.6) is 0 Å². The van der Waals surface area contributed by atoms with Crippen molar-refractivity contribution in [2.45, 2.75) is 19.4 Å². The first-order valence-electron chi connectivity index (χ1n) is 5.93. The van der Waals surface area contributed by atoms with Gasteiger partial charge >= 0.3 is 0 Å². The Morgan fingerprint density at radius 2 is 2.41 bits per heavy atom. The van der Waals surface area contributed by atoms with E-state index in [-0.39, 0.29) is 17.9 Å². The molecule has 1 aliphatic rings. The highest BCUT2D eigenvalue weighted by Crippen LogP contribution is 2.18. The molecule has 1 amide bonds. The van der Waals surface area contributed by atoms with Gasteiger partial charge in [0.1, 0.15) is 0 Å². The number of hydrogen-bond acceptors (Lipinski definition) is 2. The summed E-state index contributed by atoms with van der Waals surface area (Å²) in [6.07, 6.45) is 0.925. The second-order valence-corrected chi connectivity index (χ2v) is 4.91. The van der Waals surface area contributed by atoms with Gasteiger partial charge in [-0.05, 0) is 37.6 Å². The fourth-order valence-corrected chi connectivity index (χ4v) is 2.27. The van der Waals surface area contributed by atoms with Crippen molar-refractivity contribution in [1.82, 2.24) is 10.6 Å². The van der Waals surface area contributed by atoms with E-state index in [4.69, 9.17) is 11.6 Å². The molecule has 0 bridgehead atoms. The molecule has 0 spiro atoms. The molecule has 1 aromatic rings. The largest absolute Gasteiger partial charge is 0.349 e. The van der Waals surface area contributed by atoms with Crippen molar-refractivity contribution in [2.24, 2.45) is 5.92 Å². The highest BCUT2D eigenvalue weighted by Gasteiger charge is 2.23. The Morgan fingerprint density at radius 3 is 3.06 bits per heavy atom. The van der Waals surface area contributed by atoms with Crippen LogP contribution >= 0.6 is 11.6 Å². The zero-order chi connectivity index (χ0) is 12.3. The summed E-state index contributed by atoms with van der Waals surface area (Å²) >= 11 is 5.93. The molecule has 1 heterocycles. The standard InChI is InChI=1S/C13H17ClN2O/c1-9(10-3-2-4-12(14)7-10)16-13(17)11-5-6-15-8-11/h2-4,7,9,11,15H,5-6,8H2,1H3,(H,16,17). The quantitative estimate of drug-likeness (QED) is 0.865. The third kappa shape index (κ3) is 3.20. The molecule has 0 saturated carbocycles. The minimum atomic E-state index is 0.00167. The first kappa shape index (κ1) is 12.4. The van der Waals surface area contributed by atoms with Crippen LogP contribution in [0.15, 0.2) is 24.3 Å². The van der Waals surface area contributed by atoms with Crippen molar-refractivity contribution in [3.05, 3.63) is 34.9 Å². The summed E-state index contributed by atoms with van der Waals surface area (Å²) in [6.45, 7) is 3.70. The van der Waals surface area contributed by atoms with Gasteiger partial charge < -0.3 is 10.6 Å². The number of nitrogens with one attached hydrogen (secondary N) is 2. The number of amides is 1. The van der Waals surface area contributed by atoms with Crippen LogP contribution in [0.3, 0.4) is 0 Å². The van der Waals surface area contributed by atoms with Crippen LogP contribution in [0.2, 0.25) is 5.02 Å². The zero-order valence-electron chi connectivity index (χ0n) is 9.87. The topological polar surface area (TPSA) is 41.1 Å². The number of benzene rings is 1. The van der Waals surface area contributed by atoms with Crippen LogP contribution in [-0.4, -0.2) is 19.0 Å². The van der Waals surface area contributed by atoms with Gasteiger partial charge in [-0.2, -0.15) is 0 Å². The lowest BCUT2D eigenvalue weighted by molar-refractivity contribution is -0.125. The molecule has 2 N–H and O–H groups in total. The Balaban J connectivity index is 1.96. The first-order valence-corrected chi connectivity index (χ1v) is 6.31.